The summed E-state index contributed by atoms with van der Waals surface area (Å²) in [5.41, 5.74) is 0. The summed E-state index contributed by atoms with van der Waals surface area (Å²) in [6, 6.07) is -0.809. The fraction of sp³-hybridized carbons (Fsp3) is 0.691. The van der Waals surface area contributed by atoms with Crippen molar-refractivity contribution in [2.75, 3.05) is 40.9 Å². The number of quaternary nitrogens is 1. The van der Waals surface area contributed by atoms with E-state index in [1.807, 2.05) is 21.1 Å². The third-order valence-electron chi connectivity index (χ3n) is 10.8. The normalized spacial score (nSPS) is 14.9. The van der Waals surface area contributed by atoms with Crippen molar-refractivity contribution in [2.24, 2.45) is 0 Å². The molecule has 0 aromatic rings. The number of hydrogen-bond donors (Lipinski definition) is 2. The molecule has 0 spiro atoms. The SMILES string of the molecule is CC/C=C\C/C=C\C/C=C\C/C=C\C/C=C\C/C=C\C/C=C\C/C=C\CCCCCCCCCCC(=O)NC(COP(=O)([O-])OCC[N+](C)(C)C)C(O)CCCCCCCCCCC. The molecule has 0 saturated heterocycles. The lowest BCUT2D eigenvalue weighted by molar-refractivity contribution is -0.870. The van der Waals surface area contributed by atoms with Crippen LogP contribution in [0, 0.1) is 0 Å². The highest BCUT2D eigenvalue weighted by molar-refractivity contribution is 7.45. The van der Waals surface area contributed by atoms with Gasteiger partial charge in [0.15, 0.2) is 0 Å². The Balaban J connectivity index is 4.11. The number of amides is 1. The quantitative estimate of drug-likeness (QED) is 0.0273. The molecule has 0 rings (SSSR count). The fourth-order valence-corrected chi connectivity index (χ4v) is 7.54. The molecule has 64 heavy (non-hydrogen) atoms. The minimum atomic E-state index is -4.57. The van der Waals surface area contributed by atoms with Crippen LogP contribution < -0.4 is 10.2 Å². The summed E-state index contributed by atoms with van der Waals surface area (Å²) in [6.45, 7) is 4.55. The summed E-state index contributed by atoms with van der Waals surface area (Å²) < 4.78 is 23.2. The van der Waals surface area contributed by atoms with E-state index < -0.39 is 20.0 Å². The van der Waals surface area contributed by atoms with Crippen molar-refractivity contribution in [2.45, 2.75) is 206 Å². The van der Waals surface area contributed by atoms with E-state index in [1.54, 1.807) is 0 Å². The first-order valence-corrected chi connectivity index (χ1v) is 27.0. The Bertz CT molecular complexity index is 1360. The second kappa shape index (κ2) is 45.6. The van der Waals surface area contributed by atoms with Crippen molar-refractivity contribution in [1.82, 2.24) is 5.32 Å². The first kappa shape index (κ1) is 61.4. The first-order valence-electron chi connectivity index (χ1n) is 25.6. The van der Waals surface area contributed by atoms with Gasteiger partial charge in [0, 0.05) is 6.42 Å². The number of aliphatic hydroxyl groups excluding tert-OH is 1. The Kier molecular flexibility index (Phi) is 43.7. The number of hydrogen-bond acceptors (Lipinski definition) is 6. The van der Waals surface area contributed by atoms with E-state index in [-0.39, 0.29) is 19.1 Å². The molecule has 0 aliphatic rings. The smallest absolute Gasteiger partial charge is 0.268 e. The lowest BCUT2D eigenvalue weighted by atomic mass is 10.0. The van der Waals surface area contributed by atoms with Gasteiger partial charge in [-0.25, -0.2) is 0 Å². The number of likely N-dealkylation sites (N-methyl/N-ethyl adjacent to an activating group) is 1. The number of carbonyl (C=O) groups excluding carboxylic acids is 1. The minimum absolute atomic E-state index is 0.00535. The molecule has 2 N–H and O–H groups in total. The van der Waals surface area contributed by atoms with Crippen LogP contribution in [0.2, 0.25) is 0 Å². The van der Waals surface area contributed by atoms with Crippen molar-refractivity contribution in [3.63, 3.8) is 0 Å². The maximum Gasteiger partial charge on any atom is 0.268 e. The number of nitrogens with zero attached hydrogens (tertiary/aromatic N) is 1. The Labute approximate surface area is 394 Å². The van der Waals surface area contributed by atoms with Crippen molar-refractivity contribution in [1.29, 1.82) is 0 Å². The maximum absolute atomic E-state index is 12.9. The van der Waals surface area contributed by atoms with E-state index in [0.29, 0.717) is 23.9 Å². The van der Waals surface area contributed by atoms with Crippen LogP contribution in [0.25, 0.3) is 0 Å². The second-order valence-electron chi connectivity index (χ2n) is 18.1. The molecule has 0 aromatic carbocycles. The van der Waals surface area contributed by atoms with Crippen LogP contribution in [0.15, 0.2) is 97.2 Å². The number of aliphatic hydroxyl groups is 1. The van der Waals surface area contributed by atoms with Gasteiger partial charge in [0.25, 0.3) is 7.82 Å². The fourth-order valence-electron chi connectivity index (χ4n) is 6.82. The summed E-state index contributed by atoms with van der Waals surface area (Å²) in [7, 11) is 1.28. The molecular weight excluding hydrogens is 816 g/mol. The molecule has 0 heterocycles. The highest BCUT2D eigenvalue weighted by Crippen LogP contribution is 2.38. The Hall–Kier alpha value is -2.58. The van der Waals surface area contributed by atoms with Crippen molar-refractivity contribution >= 4 is 13.7 Å². The summed E-state index contributed by atoms with van der Waals surface area (Å²) in [6.07, 6.45) is 64.4. The molecule has 0 aliphatic heterocycles. The molecule has 0 aliphatic carbocycles. The number of carbonyl (C=O) groups is 1. The Morgan fingerprint density at radius 2 is 0.953 bits per heavy atom. The van der Waals surface area contributed by atoms with E-state index in [9.17, 15) is 19.4 Å². The summed E-state index contributed by atoms with van der Waals surface area (Å²) >= 11 is 0. The molecule has 8 nitrogen and oxygen atoms in total. The topological polar surface area (TPSA) is 108 Å². The van der Waals surface area contributed by atoms with Gasteiger partial charge in [-0.2, -0.15) is 0 Å². The zero-order chi connectivity index (χ0) is 47.1. The van der Waals surface area contributed by atoms with Gasteiger partial charge in [0.2, 0.25) is 5.91 Å². The van der Waals surface area contributed by atoms with Crippen molar-refractivity contribution < 1.29 is 32.9 Å². The van der Waals surface area contributed by atoms with Crippen molar-refractivity contribution in [3.05, 3.63) is 97.2 Å². The number of nitrogens with one attached hydrogen (secondary N) is 1. The van der Waals surface area contributed by atoms with Gasteiger partial charge in [-0.05, 0) is 77.0 Å². The monoisotopic (exact) mass is 913 g/mol. The molecule has 0 radical (unpaired) electrons. The largest absolute Gasteiger partial charge is 0.756 e. The number of phosphoric ester groups is 1. The van der Waals surface area contributed by atoms with Gasteiger partial charge in [-0.1, -0.05) is 207 Å². The molecule has 0 saturated carbocycles. The molecule has 0 aromatic heterocycles. The van der Waals surface area contributed by atoms with E-state index in [2.05, 4.69) is 116 Å². The van der Waals surface area contributed by atoms with Crippen LogP contribution in [0.3, 0.4) is 0 Å². The highest BCUT2D eigenvalue weighted by Gasteiger charge is 2.24. The van der Waals surface area contributed by atoms with Gasteiger partial charge < -0.3 is 28.8 Å². The standard InChI is InChI=1S/C55H97N2O6P/c1-6-8-10-12-14-16-17-18-19-20-21-22-23-24-25-26-27-28-29-30-31-32-33-34-35-36-37-38-39-41-43-45-47-49-55(59)56-53(52-63-64(60,61)62-51-50-57(3,4)5)54(58)48-46-44-42-40-15-13-11-9-7-2/h8,10,14,16,18-19,21-22,24-25,27-28,30-31,33-34,53-54,58H,6-7,9,11-13,15,17,20,23,26,29,32,35-52H2,1-5H3,(H-,56,59,60,61)/b10-8-,16-14-,19-18-,22-21-,25-24-,28-27-,31-30-,34-33-. The zero-order valence-electron chi connectivity index (χ0n) is 41.7. The minimum Gasteiger partial charge on any atom is -0.756 e. The van der Waals surface area contributed by atoms with Crippen LogP contribution in [-0.2, 0) is 18.4 Å². The van der Waals surface area contributed by atoms with Gasteiger partial charge in [-0.15, -0.1) is 0 Å². The number of phosphoric acid groups is 1. The van der Waals surface area contributed by atoms with Gasteiger partial charge >= 0.3 is 0 Å². The van der Waals surface area contributed by atoms with E-state index in [4.69, 9.17) is 9.05 Å². The summed E-state index contributed by atoms with van der Waals surface area (Å²) in [5, 5.41) is 13.9. The predicted molar refractivity (Wildman–Crippen MR) is 274 cm³/mol. The lowest BCUT2D eigenvalue weighted by Crippen LogP contribution is -2.46. The van der Waals surface area contributed by atoms with Gasteiger partial charge in [0.1, 0.15) is 13.2 Å². The van der Waals surface area contributed by atoms with E-state index >= 15 is 0 Å². The lowest BCUT2D eigenvalue weighted by Gasteiger charge is -2.30. The Morgan fingerprint density at radius 1 is 0.562 bits per heavy atom. The van der Waals surface area contributed by atoms with E-state index in [1.165, 1.54) is 70.6 Å². The molecular formula is C55H97N2O6P. The average Bonchev–Trinajstić information content (AvgIpc) is 3.25. The molecule has 0 bridgehead atoms. The zero-order valence-corrected chi connectivity index (χ0v) is 42.6. The summed E-state index contributed by atoms with van der Waals surface area (Å²) in [5.74, 6) is -0.181. The molecule has 0 fully saturated rings. The second-order valence-corrected chi connectivity index (χ2v) is 19.6. The Morgan fingerprint density at radius 3 is 1.39 bits per heavy atom. The molecule has 9 heteroatoms. The van der Waals surface area contributed by atoms with Crippen LogP contribution >= 0.6 is 7.82 Å². The predicted octanol–water partition coefficient (Wildman–Crippen LogP) is 14.5. The number of rotatable bonds is 45. The third kappa shape index (κ3) is 47.4. The summed E-state index contributed by atoms with van der Waals surface area (Å²) in [4.78, 5) is 25.3. The van der Waals surface area contributed by atoms with Gasteiger partial charge in [0.05, 0.1) is 39.9 Å². The maximum atomic E-state index is 12.9. The third-order valence-corrected chi connectivity index (χ3v) is 11.8. The number of allylic oxidation sites excluding steroid dienone is 16. The van der Waals surface area contributed by atoms with Gasteiger partial charge in [-0.3, -0.25) is 9.36 Å². The van der Waals surface area contributed by atoms with E-state index in [0.717, 1.165) is 96.3 Å². The molecule has 1 amide bonds. The molecule has 368 valence electrons. The first-order chi connectivity index (χ1) is 31.0. The number of unbranched alkanes of at least 4 members (excludes halogenated alkanes) is 16. The average molecular weight is 913 g/mol. The molecule has 3 unspecified atom stereocenters. The van der Waals surface area contributed by atoms with Crippen LogP contribution in [0.1, 0.15) is 194 Å². The van der Waals surface area contributed by atoms with Crippen LogP contribution in [-0.4, -0.2) is 68.5 Å². The van der Waals surface area contributed by atoms with Crippen LogP contribution in [0.5, 0.6) is 0 Å². The van der Waals surface area contributed by atoms with Crippen molar-refractivity contribution in [3.8, 4) is 0 Å². The molecule has 3 atom stereocenters. The van der Waals surface area contributed by atoms with Crippen LogP contribution in [0.4, 0.5) is 0 Å². The highest BCUT2D eigenvalue weighted by atomic mass is 31.2.